The van der Waals surface area contributed by atoms with Crippen LogP contribution in [0.3, 0.4) is 0 Å². The molecule has 82 valence electrons. The Labute approximate surface area is 94.0 Å². The van der Waals surface area contributed by atoms with Crippen molar-refractivity contribution in [1.82, 2.24) is 0 Å². The first-order valence-electron chi connectivity index (χ1n) is 4.13. The van der Waals surface area contributed by atoms with Gasteiger partial charge < -0.3 is 0 Å². The molecule has 6 heteroatoms. The molecule has 0 aliphatic rings. The zero-order chi connectivity index (χ0) is 11.5. The molecule has 0 aliphatic carbocycles. The van der Waals surface area contributed by atoms with Crippen molar-refractivity contribution < 1.29 is 8.42 Å². The standard InChI is InChI=1S/C9H11ClN2O2S/c1-11-9(10)7-3-5-8(6-4-7)12-15(2,13)14/h3-6,12H,1-2H3/b11-9-. The second kappa shape index (κ2) is 4.63. The molecule has 0 unspecified atom stereocenters. The van der Waals surface area contributed by atoms with Crippen LogP contribution in [0, 0.1) is 0 Å². The van der Waals surface area contributed by atoms with Crippen LogP contribution in [0.4, 0.5) is 5.69 Å². The van der Waals surface area contributed by atoms with Gasteiger partial charge in [0.15, 0.2) is 0 Å². The van der Waals surface area contributed by atoms with E-state index in [1.165, 1.54) is 0 Å². The van der Waals surface area contributed by atoms with Crippen LogP contribution >= 0.6 is 11.6 Å². The average molecular weight is 247 g/mol. The van der Waals surface area contributed by atoms with Gasteiger partial charge in [-0.3, -0.25) is 9.71 Å². The number of sulfonamides is 1. The Bertz CT molecular complexity index is 465. The first-order chi connectivity index (χ1) is 6.92. The molecular formula is C9H11ClN2O2S. The number of nitrogens with zero attached hydrogens (tertiary/aromatic N) is 1. The summed E-state index contributed by atoms with van der Waals surface area (Å²) < 4.78 is 24.2. The lowest BCUT2D eigenvalue weighted by atomic mass is 10.2. The third-order valence-electron chi connectivity index (χ3n) is 1.62. The lowest BCUT2D eigenvalue weighted by Gasteiger charge is -2.04. The molecule has 0 fully saturated rings. The molecule has 0 saturated carbocycles. The van der Waals surface area contributed by atoms with Gasteiger partial charge in [0.2, 0.25) is 10.0 Å². The molecule has 0 atom stereocenters. The van der Waals surface area contributed by atoms with E-state index in [0.717, 1.165) is 11.8 Å². The molecule has 1 aromatic rings. The molecule has 1 N–H and O–H groups in total. The Morgan fingerprint density at radius 1 is 1.33 bits per heavy atom. The van der Waals surface area contributed by atoms with Gasteiger partial charge in [-0.2, -0.15) is 0 Å². The maximum absolute atomic E-state index is 10.9. The Morgan fingerprint density at radius 3 is 2.27 bits per heavy atom. The molecular weight excluding hydrogens is 236 g/mol. The Kier molecular flexibility index (Phi) is 3.71. The van der Waals surface area contributed by atoms with Gasteiger partial charge in [-0.15, -0.1) is 0 Å². The molecule has 4 nitrogen and oxygen atoms in total. The predicted molar refractivity (Wildman–Crippen MR) is 63.2 cm³/mol. The number of rotatable bonds is 3. The van der Waals surface area contributed by atoms with E-state index in [1.807, 2.05) is 0 Å². The van der Waals surface area contributed by atoms with Crippen LogP contribution in [0.25, 0.3) is 0 Å². The van der Waals surface area contributed by atoms with Gasteiger partial charge in [0.1, 0.15) is 5.17 Å². The minimum Gasteiger partial charge on any atom is -0.284 e. The van der Waals surface area contributed by atoms with Crippen LogP contribution in [0.1, 0.15) is 5.56 Å². The minimum atomic E-state index is -3.23. The summed E-state index contributed by atoms with van der Waals surface area (Å²) in [6.07, 6.45) is 1.10. The van der Waals surface area contributed by atoms with Crippen molar-refractivity contribution in [2.45, 2.75) is 0 Å². The Balaban J connectivity index is 2.91. The van der Waals surface area contributed by atoms with Crippen LogP contribution in [0.5, 0.6) is 0 Å². The fraction of sp³-hybridized carbons (Fsp3) is 0.222. The molecule has 0 saturated heterocycles. The highest BCUT2D eigenvalue weighted by atomic mass is 35.5. The zero-order valence-electron chi connectivity index (χ0n) is 8.36. The minimum absolute atomic E-state index is 0.390. The van der Waals surface area contributed by atoms with Gasteiger partial charge >= 0.3 is 0 Å². The first kappa shape index (κ1) is 12.0. The van der Waals surface area contributed by atoms with Crippen molar-refractivity contribution in [2.75, 3.05) is 18.0 Å². The summed E-state index contributed by atoms with van der Waals surface area (Å²) in [5.74, 6) is 0. The van der Waals surface area contributed by atoms with E-state index in [0.29, 0.717) is 10.9 Å². The van der Waals surface area contributed by atoms with Crippen LogP contribution in [-0.4, -0.2) is 26.9 Å². The Hall–Kier alpha value is -1.07. The van der Waals surface area contributed by atoms with Gasteiger partial charge in [0, 0.05) is 18.3 Å². The van der Waals surface area contributed by atoms with E-state index in [2.05, 4.69) is 9.71 Å². The maximum atomic E-state index is 10.9. The fourth-order valence-electron chi connectivity index (χ4n) is 1.02. The molecule has 1 rings (SSSR count). The summed E-state index contributed by atoms with van der Waals surface area (Å²) >= 11 is 5.79. The summed E-state index contributed by atoms with van der Waals surface area (Å²) in [7, 11) is -1.64. The summed E-state index contributed by atoms with van der Waals surface area (Å²) in [5.41, 5.74) is 1.25. The number of hydrogen-bond acceptors (Lipinski definition) is 3. The largest absolute Gasteiger partial charge is 0.284 e. The summed E-state index contributed by atoms with van der Waals surface area (Å²) in [4.78, 5) is 3.81. The van der Waals surface area contributed by atoms with Gasteiger partial charge in [0.25, 0.3) is 0 Å². The number of halogens is 1. The number of benzene rings is 1. The van der Waals surface area contributed by atoms with Crippen molar-refractivity contribution in [3.8, 4) is 0 Å². The molecule has 0 aromatic heterocycles. The topological polar surface area (TPSA) is 58.5 Å². The normalized spacial score (nSPS) is 12.6. The fourth-order valence-corrected chi connectivity index (χ4v) is 1.71. The van der Waals surface area contributed by atoms with E-state index in [9.17, 15) is 8.42 Å². The van der Waals surface area contributed by atoms with Crippen LogP contribution in [0.2, 0.25) is 0 Å². The van der Waals surface area contributed by atoms with E-state index in [-0.39, 0.29) is 0 Å². The van der Waals surface area contributed by atoms with Gasteiger partial charge in [-0.1, -0.05) is 11.6 Å². The number of nitrogens with one attached hydrogen (secondary N) is 1. The smallest absolute Gasteiger partial charge is 0.229 e. The molecule has 0 radical (unpaired) electrons. The molecule has 0 spiro atoms. The monoisotopic (exact) mass is 246 g/mol. The van der Waals surface area contributed by atoms with Crippen molar-refractivity contribution in [1.29, 1.82) is 0 Å². The van der Waals surface area contributed by atoms with Crippen molar-refractivity contribution in [3.63, 3.8) is 0 Å². The maximum Gasteiger partial charge on any atom is 0.229 e. The SMILES string of the molecule is C/N=C(\Cl)c1ccc(NS(C)(=O)=O)cc1. The van der Waals surface area contributed by atoms with Crippen molar-refractivity contribution in [2.24, 2.45) is 4.99 Å². The van der Waals surface area contributed by atoms with Crippen LogP contribution < -0.4 is 4.72 Å². The van der Waals surface area contributed by atoms with E-state index in [4.69, 9.17) is 11.6 Å². The lowest BCUT2D eigenvalue weighted by Crippen LogP contribution is -2.09. The third-order valence-corrected chi connectivity index (χ3v) is 2.62. The van der Waals surface area contributed by atoms with E-state index < -0.39 is 10.0 Å². The first-order valence-corrected chi connectivity index (χ1v) is 6.40. The second-order valence-electron chi connectivity index (χ2n) is 2.97. The van der Waals surface area contributed by atoms with Gasteiger partial charge in [-0.25, -0.2) is 8.42 Å². The van der Waals surface area contributed by atoms with Crippen molar-refractivity contribution in [3.05, 3.63) is 29.8 Å². The highest BCUT2D eigenvalue weighted by Crippen LogP contribution is 2.12. The van der Waals surface area contributed by atoms with Gasteiger partial charge in [-0.05, 0) is 24.3 Å². The second-order valence-corrected chi connectivity index (χ2v) is 5.07. The van der Waals surface area contributed by atoms with Crippen molar-refractivity contribution >= 4 is 32.5 Å². The highest BCUT2D eigenvalue weighted by molar-refractivity contribution is 7.92. The predicted octanol–water partition coefficient (Wildman–Crippen LogP) is 1.67. The molecule has 15 heavy (non-hydrogen) atoms. The number of aliphatic imine (C=N–C) groups is 1. The lowest BCUT2D eigenvalue weighted by molar-refractivity contribution is 0.607. The number of hydrogen-bond donors (Lipinski definition) is 1. The van der Waals surface area contributed by atoms with Crippen LogP contribution in [-0.2, 0) is 10.0 Å². The molecule has 0 heterocycles. The Morgan fingerprint density at radius 2 is 1.87 bits per heavy atom. The molecule has 0 amide bonds. The summed E-state index contributed by atoms with van der Waals surface area (Å²) in [6, 6.07) is 6.65. The van der Waals surface area contributed by atoms with E-state index >= 15 is 0 Å². The van der Waals surface area contributed by atoms with Crippen LogP contribution in [0.15, 0.2) is 29.3 Å². The molecule has 0 bridgehead atoms. The molecule has 0 aliphatic heterocycles. The van der Waals surface area contributed by atoms with E-state index in [1.54, 1.807) is 31.3 Å². The summed E-state index contributed by atoms with van der Waals surface area (Å²) in [6.45, 7) is 0. The third kappa shape index (κ3) is 3.89. The zero-order valence-corrected chi connectivity index (χ0v) is 9.93. The summed E-state index contributed by atoms with van der Waals surface area (Å²) in [5, 5.41) is 0.390. The average Bonchev–Trinajstić information content (AvgIpc) is 2.15. The molecule has 1 aromatic carbocycles. The quantitative estimate of drug-likeness (QED) is 0.825. The highest BCUT2D eigenvalue weighted by Gasteiger charge is 2.02. The number of anilines is 1. The van der Waals surface area contributed by atoms with Gasteiger partial charge in [0.05, 0.1) is 6.26 Å².